The van der Waals surface area contributed by atoms with Gasteiger partial charge in [0.15, 0.2) is 0 Å². The summed E-state index contributed by atoms with van der Waals surface area (Å²) < 4.78 is 18.9. The number of carbonyl (C=O) groups excluding carboxylic acids is 2. The number of rotatable bonds is 5. The Balaban J connectivity index is 1.58. The lowest BCUT2D eigenvalue weighted by molar-refractivity contribution is -0.145. The number of hydrogen-bond acceptors (Lipinski definition) is 3. The normalized spacial score (nSPS) is 14.5. The summed E-state index contributed by atoms with van der Waals surface area (Å²) in [7, 11) is 1.60. The zero-order chi connectivity index (χ0) is 18.5. The van der Waals surface area contributed by atoms with E-state index in [2.05, 4.69) is 0 Å². The van der Waals surface area contributed by atoms with E-state index in [9.17, 15) is 14.0 Å². The minimum atomic E-state index is -0.399. The summed E-state index contributed by atoms with van der Waals surface area (Å²) in [6.07, 6.45) is -0.0319. The Bertz CT molecular complexity index is 809. The van der Waals surface area contributed by atoms with Crippen LogP contribution in [0.5, 0.6) is 5.75 Å². The number of piperazine rings is 1. The lowest BCUT2D eigenvalue weighted by atomic mass is 10.1. The van der Waals surface area contributed by atoms with Gasteiger partial charge in [-0.2, -0.15) is 0 Å². The van der Waals surface area contributed by atoms with Crippen molar-refractivity contribution in [2.75, 3.05) is 26.7 Å². The van der Waals surface area contributed by atoms with Crippen molar-refractivity contribution in [3.8, 4) is 5.75 Å². The van der Waals surface area contributed by atoms with Gasteiger partial charge in [-0.25, -0.2) is 4.39 Å². The van der Waals surface area contributed by atoms with Crippen molar-refractivity contribution in [2.45, 2.75) is 13.0 Å². The van der Waals surface area contributed by atoms with E-state index >= 15 is 0 Å². The highest BCUT2D eigenvalue weighted by molar-refractivity contribution is 5.87. The average Bonchev–Trinajstić information content (AvgIpc) is 2.65. The first-order chi connectivity index (χ1) is 12.6. The Morgan fingerprint density at radius 2 is 1.96 bits per heavy atom. The predicted molar refractivity (Wildman–Crippen MR) is 95.1 cm³/mol. The van der Waals surface area contributed by atoms with Crippen molar-refractivity contribution in [3.63, 3.8) is 0 Å². The maximum absolute atomic E-state index is 13.7. The molecular formula is C20H21FN2O3. The van der Waals surface area contributed by atoms with Crippen molar-refractivity contribution in [1.29, 1.82) is 0 Å². The summed E-state index contributed by atoms with van der Waals surface area (Å²) in [5.41, 5.74) is 1.33. The molecule has 0 unspecified atom stereocenters. The zero-order valence-electron chi connectivity index (χ0n) is 14.7. The fourth-order valence-corrected chi connectivity index (χ4v) is 3.00. The number of methoxy groups -OCH3 is 1. The first-order valence-electron chi connectivity index (χ1n) is 8.48. The van der Waals surface area contributed by atoms with Gasteiger partial charge in [0.2, 0.25) is 11.8 Å². The number of amides is 2. The Morgan fingerprint density at radius 3 is 2.69 bits per heavy atom. The molecule has 1 aliphatic rings. The van der Waals surface area contributed by atoms with E-state index in [0.29, 0.717) is 25.2 Å². The van der Waals surface area contributed by atoms with Gasteiger partial charge in [-0.15, -0.1) is 0 Å². The molecule has 0 aliphatic carbocycles. The van der Waals surface area contributed by atoms with Crippen LogP contribution in [-0.2, 0) is 22.6 Å². The SMILES string of the molecule is COc1cccc(CN2CCN(C(=O)Cc3ccccc3F)CC2=O)c1. The molecule has 2 aromatic rings. The van der Waals surface area contributed by atoms with Crippen LogP contribution in [0.2, 0.25) is 0 Å². The molecule has 5 nitrogen and oxygen atoms in total. The van der Waals surface area contributed by atoms with Crippen LogP contribution in [0.25, 0.3) is 0 Å². The molecule has 1 heterocycles. The number of nitrogens with zero attached hydrogens (tertiary/aromatic N) is 2. The summed E-state index contributed by atoms with van der Waals surface area (Å²) in [4.78, 5) is 28.0. The smallest absolute Gasteiger partial charge is 0.242 e. The third-order valence-electron chi connectivity index (χ3n) is 4.48. The summed E-state index contributed by atoms with van der Waals surface area (Å²) in [6, 6.07) is 13.8. The number of ether oxygens (including phenoxy) is 1. The highest BCUT2D eigenvalue weighted by Crippen LogP contribution is 2.16. The van der Waals surface area contributed by atoms with Gasteiger partial charge in [0.05, 0.1) is 20.1 Å². The quantitative estimate of drug-likeness (QED) is 0.826. The van der Waals surface area contributed by atoms with Gasteiger partial charge < -0.3 is 14.5 Å². The van der Waals surface area contributed by atoms with Gasteiger partial charge in [0.1, 0.15) is 11.6 Å². The molecule has 26 heavy (non-hydrogen) atoms. The van der Waals surface area contributed by atoms with Crippen LogP contribution in [-0.4, -0.2) is 48.4 Å². The zero-order valence-corrected chi connectivity index (χ0v) is 14.7. The van der Waals surface area contributed by atoms with Crippen LogP contribution < -0.4 is 4.74 Å². The standard InChI is InChI=1S/C20H21FN2O3/c1-26-17-7-4-5-15(11-17)13-22-9-10-23(14-20(22)25)19(24)12-16-6-2-3-8-18(16)21/h2-8,11H,9-10,12-14H2,1H3. The molecular weight excluding hydrogens is 335 g/mol. The number of carbonyl (C=O) groups is 2. The van der Waals surface area contributed by atoms with Crippen molar-refractivity contribution in [2.24, 2.45) is 0 Å². The van der Waals surface area contributed by atoms with Crippen molar-refractivity contribution in [1.82, 2.24) is 9.80 Å². The van der Waals surface area contributed by atoms with Crippen LogP contribution >= 0.6 is 0 Å². The Morgan fingerprint density at radius 1 is 1.15 bits per heavy atom. The van der Waals surface area contributed by atoms with Gasteiger partial charge in [-0.3, -0.25) is 9.59 Å². The van der Waals surface area contributed by atoms with E-state index in [1.165, 1.54) is 11.0 Å². The first kappa shape index (κ1) is 17.9. The van der Waals surface area contributed by atoms with E-state index < -0.39 is 5.82 Å². The van der Waals surface area contributed by atoms with E-state index in [-0.39, 0.29) is 24.8 Å². The molecule has 6 heteroatoms. The van der Waals surface area contributed by atoms with Gasteiger partial charge >= 0.3 is 0 Å². The maximum Gasteiger partial charge on any atom is 0.242 e. The molecule has 1 fully saturated rings. The minimum Gasteiger partial charge on any atom is -0.497 e. The van der Waals surface area contributed by atoms with E-state index in [4.69, 9.17) is 4.74 Å². The van der Waals surface area contributed by atoms with Gasteiger partial charge in [0, 0.05) is 19.6 Å². The van der Waals surface area contributed by atoms with Crippen LogP contribution in [0, 0.1) is 5.82 Å². The van der Waals surface area contributed by atoms with Crippen molar-refractivity contribution in [3.05, 3.63) is 65.5 Å². The van der Waals surface area contributed by atoms with E-state index in [0.717, 1.165) is 11.3 Å². The van der Waals surface area contributed by atoms with Crippen LogP contribution in [0.15, 0.2) is 48.5 Å². The number of benzene rings is 2. The molecule has 0 aromatic heterocycles. The summed E-state index contributed by atoms with van der Waals surface area (Å²) in [6.45, 7) is 1.41. The summed E-state index contributed by atoms with van der Waals surface area (Å²) in [5, 5.41) is 0. The Kier molecular flexibility index (Phi) is 5.51. The monoisotopic (exact) mass is 356 g/mol. The lowest BCUT2D eigenvalue weighted by Gasteiger charge is -2.34. The molecule has 1 saturated heterocycles. The molecule has 2 aromatic carbocycles. The topological polar surface area (TPSA) is 49.9 Å². The van der Waals surface area contributed by atoms with Gasteiger partial charge in [0.25, 0.3) is 0 Å². The largest absolute Gasteiger partial charge is 0.497 e. The number of hydrogen-bond donors (Lipinski definition) is 0. The van der Waals surface area contributed by atoms with E-state index in [1.807, 2.05) is 24.3 Å². The fourth-order valence-electron chi connectivity index (χ4n) is 3.00. The minimum absolute atomic E-state index is 0.0251. The summed E-state index contributed by atoms with van der Waals surface area (Å²) in [5.74, 6) is 0.00271. The fraction of sp³-hybridized carbons (Fsp3) is 0.300. The molecule has 2 amide bonds. The highest BCUT2D eigenvalue weighted by atomic mass is 19.1. The van der Waals surface area contributed by atoms with Gasteiger partial charge in [-0.05, 0) is 29.3 Å². The second-order valence-corrected chi connectivity index (χ2v) is 6.25. The van der Waals surface area contributed by atoms with Crippen molar-refractivity contribution >= 4 is 11.8 Å². The van der Waals surface area contributed by atoms with Crippen LogP contribution in [0.1, 0.15) is 11.1 Å². The first-order valence-corrected chi connectivity index (χ1v) is 8.48. The predicted octanol–water partition coefficient (Wildman–Crippen LogP) is 2.25. The van der Waals surface area contributed by atoms with Crippen LogP contribution in [0.3, 0.4) is 0 Å². The van der Waals surface area contributed by atoms with Gasteiger partial charge in [-0.1, -0.05) is 30.3 Å². The Hall–Kier alpha value is -2.89. The molecule has 0 atom stereocenters. The molecule has 0 bridgehead atoms. The summed E-state index contributed by atoms with van der Waals surface area (Å²) >= 11 is 0. The Labute approximate surface area is 152 Å². The molecule has 0 radical (unpaired) electrons. The second kappa shape index (κ2) is 7.99. The molecule has 3 rings (SSSR count). The molecule has 136 valence electrons. The molecule has 0 spiro atoms. The third kappa shape index (κ3) is 4.20. The molecule has 0 saturated carbocycles. The van der Waals surface area contributed by atoms with E-state index in [1.54, 1.807) is 30.2 Å². The lowest BCUT2D eigenvalue weighted by Crippen LogP contribution is -2.52. The molecule has 0 N–H and O–H groups in total. The molecule has 1 aliphatic heterocycles. The third-order valence-corrected chi connectivity index (χ3v) is 4.48. The second-order valence-electron chi connectivity index (χ2n) is 6.25. The maximum atomic E-state index is 13.7. The average molecular weight is 356 g/mol. The number of halogens is 1. The highest BCUT2D eigenvalue weighted by Gasteiger charge is 2.27. The van der Waals surface area contributed by atoms with Crippen LogP contribution in [0.4, 0.5) is 4.39 Å². The van der Waals surface area contributed by atoms with Crippen molar-refractivity contribution < 1.29 is 18.7 Å².